The van der Waals surface area contributed by atoms with Crippen molar-refractivity contribution in [3.05, 3.63) is 34.4 Å². The first kappa shape index (κ1) is 36.2. The molecule has 0 unspecified atom stereocenters. The molecule has 4 heteroatoms. The first-order valence-corrected chi connectivity index (χ1v) is 17.0. The van der Waals surface area contributed by atoms with Crippen molar-refractivity contribution >= 4 is 12.4 Å². The number of aliphatic carboxylic acids is 1. The van der Waals surface area contributed by atoms with Crippen molar-refractivity contribution in [3.8, 4) is 0 Å². The molecule has 0 spiro atoms. The minimum Gasteiger partial charge on any atom is -0.481 e. The molecule has 0 fully saturated rings. The summed E-state index contributed by atoms with van der Waals surface area (Å²) in [5.74, 6) is -0.672. The molecule has 0 aliphatic rings. The van der Waals surface area contributed by atoms with E-state index >= 15 is 0 Å². The Hall–Kier alpha value is -1.84. The predicted molar refractivity (Wildman–Crippen MR) is 169 cm³/mol. The van der Waals surface area contributed by atoms with E-state index in [1.54, 1.807) is 22.3 Å². The lowest BCUT2D eigenvalue weighted by Gasteiger charge is -2.20. The Morgan fingerprint density at radius 3 is 1.48 bits per heavy atom. The largest absolute Gasteiger partial charge is 0.481 e. The van der Waals surface area contributed by atoms with Gasteiger partial charge in [-0.3, -0.25) is 9.59 Å². The second kappa shape index (κ2) is 26.1. The number of aryl methyl sites for hydroxylation is 2. The lowest BCUT2D eigenvalue weighted by atomic mass is 9.85. The molecule has 1 rings (SSSR count). The van der Waals surface area contributed by atoms with Crippen molar-refractivity contribution in [2.45, 2.75) is 174 Å². The average molecular weight is 559 g/mol. The zero-order chi connectivity index (χ0) is 29.1. The number of benzene rings is 1. The highest BCUT2D eigenvalue weighted by Crippen LogP contribution is 2.28. The summed E-state index contributed by atoms with van der Waals surface area (Å²) in [6.07, 6.45) is 29.5. The Labute approximate surface area is 247 Å². The van der Waals surface area contributed by atoms with Gasteiger partial charge in [0.2, 0.25) is 0 Å². The van der Waals surface area contributed by atoms with Crippen molar-refractivity contribution in [1.29, 1.82) is 0 Å². The van der Waals surface area contributed by atoms with Crippen LogP contribution in [0.2, 0.25) is 0 Å². The van der Waals surface area contributed by atoms with Gasteiger partial charge in [0.25, 0.3) is 6.47 Å². The van der Waals surface area contributed by atoms with Gasteiger partial charge < -0.3 is 9.84 Å². The normalized spacial score (nSPS) is 11.2. The molecule has 0 atom stereocenters. The zero-order valence-corrected chi connectivity index (χ0v) is 26.3. The van der Waals surface area contributed by atoms with Gasteiger partial charge in [0, 0.05) is 6.42 Å². The fourth-order valence-electron chi connectivity index (χ4n) is 5.89. The predicted octanol–water partition coefficient (Wildman–Crippen LogP) is 10.3. The van der Waals surface area contributed by atoms with Crippen molar-refractivity contribution in [2.75, 3.05) is 6.61 Å². The molecule has 4 nitrogen and oxygen atoms in total. The molecular weight excluding hydrogens is 496 g/mol. The second-order valence-electron chi connectivity index (χ2n) is 11.8. The molecular formula is C36H62O4. The summed E-state index contributed by atoms with van der Waals surface area (Å²) in [6.45, 7) is 5.67. The van der Waals surface area contributed by atoms with Crippen LogP contribution in [-0.4, -0.2) is 24.2 Å². The highest BCUT2D eigenvalue weighted by Gasteiger charge is 2.14. The summed E-state index contributed by atoms with van der Waals surface area (Å²) in [5, 5.41) is 8.91. The summed E-state index contributed by atoms with van der Waals surface area (Å²) >= 11 is 0. The first-order chi connectivity index (χ1) is 19.6. The van der Waals surface area contributed by atoms with Gasteiger partial charge >= 0.3 is 5.97 Å². The fraction of sp³-hybridized carbons (Fsp3) is 0.778. The smallest absolute Gasteiger partial charge is 0.303 e. The van der Waals surface area contributed by atoms with Crippen LogP contribution in [0.3, 0.4) is 0 Å². The Bertz CT molecular complexity index is 757. The van der Waals surface area contributed by atoms with Crippen LogP contribution in [0.25, 0.3) is 0 Å². The summed E-state index contributed by atoms with van der Waals surface area (Å²) in [4.78, 5) is 21.1. The molecule has 40 heavy (non-hydrogen) atoms. The standard InChI is InChI=1S/C36H62O4/c1-3-5-7-9-13-19-25-34-32(23-17-8-6-4-2)28-29-33(24-18-12-11-16-22-30-40-31-37)35(34)26-20-14-10-15-21-27-36(38)39/h28-29,31H,3-27,30H2,1-2H3,(H,38,39). The Kier molecular flexibility index (Phi) is 23.6. The van der Waals surface area contributed by atoms with Crippen LogP contribution in [0.1, 0.15) is 171 Å². The third-order valence-electron chi connectivity index (χ3n) is 8.30. The van der Waals surface area contributed by atoms with Gasteiger partial charge in [0.15, 0.2) is 0 Å². The molecule has 0 saturated carbocycles. The van der Waals surface area contributed by atoms with E-state index in [0.717, 1.165) is 32.1 Å². The number of carboxylic acid groups (broad SMARTS) is 1. The van der Waals surface area contributed by atoms with Crippen molar-refractivity contribution in [3.63, 3.8) is 0 Å². The topological polar surface area (TPSA) is 63.6 Å². The van der Waals surface area contributed by atoms with Crippen molar-refractivity contribution < 1.29 is 19.4 Å². The van der Waals surface area contributed by atoms with E-state index in [2.05, 4.69) is 26.0 Å². The van der Waals surface area contributed by atoms with Crippen LogP contribution >= 0.6 is 0 Å². The lowest BCUT2D eigenvalue weighted by Crippen LogP contribution is -2.07. The van der Waals surface area contributed by atoms with E-state index in [9.17, 15) is 9.59 Å². The van der Waals surface area contributed by atoms with E-state index in [-0.39, 0.29) is 0 Å². The maximum Gasteiger partial charge on any atom is 0.303 e. The Balaban J connectivity index is 2.87. The number of hydrogen-bond acceptors (Lipinski definition) is 3. The Morgan fingerprint density at radius 2 is 1.00 bits per heavy atom. The van der Waals surface area contributed by atoms with Crippen LogP contribution in [-0.2, 0) is 40.0 Å². The number of unbranched alkanes of at least 4 members (excludes halogenated alkanes) is 16. The van der Waals surface area contributed by atoms with Crippen molar-refractivity contribution in [2.24, 2.45) is 0 Å². The molecule has 1 aromatic rings. The van der Waals surface area contributed by atoms with E-state index in [0.29, 0.717) is 19.5 Å². The number of carbonyl (C=O) groups is 2. The maximum absolute atomic E-state index is 10.8. The number of carboxylic acids is 1. The summed E-state index contributed by atoms with van der Waals surface area (Å²) in [7, 11) is 0. The van der Waals surface area contributed by atoms with Gasteiger partial charge in [-0.25, -0.2) is 0 Å². The number of rotatable bonds is 29. The van der Waals surface area contributed by atoms with Crippen LogP contribution in [0.5, 0.6) is 0 Å². The van der Waals surface area contributed by atoms with E-state index < -0.39 is 5.97 Å². The molecule has 0 aliphatic carbocycles. The second-order valence-corrected chi connectivity index (χ2v) is 11.8. The zero-order valence-electron chi connectivity index (χ0n) is 26.3. The summed E-state index contributed by atoms with van der Waals surface area (Å²) < 4.78 is 4.82. The third-order valence-corrected chi connectivity index (χ3v) is 8.30. The molecule has 0 saturated heterocycles. The summed E-state index contributed by atoms with van der Waals surface area (Å²) in [6, 6.07) is 4.93. The minimum atomic E-state index is -0.672. The summed E-state index contributed by atoms with van der Waals surface area (Å²) in [5.41, 5.74) is 6.53. The average Bonchev–Trinajstić information content (AvgIpc) is 2.95. The van der Waals surface area contributed by atoms with Crippen molar-refractivity contribution in [1.82, 2.24) is 0 Å². The Morgan fingerprint density at radius 1 is 0.600 bits per heavy atom. The molecule has 0 bridgehead atoms. The van der Waals surface area contributed by atoms with Gasteiger partial charge in [-0.15, -0.1) is 0 Å². The van der Waals surface area contributed by atoms with Gasteiger partial charge in [-0.05, 0) is 86.5 Å². The molecule has 1 N–H and O–H groups in total. The van der Waals surface area contributed by atoms with E-state index in [1.807, 2.05) is 0 Å². The number of carbonyl (C=O) groups excluding carboxylic acids is 1. The SMILES string of the molecule is CCCCCCCCc1c(CCCCCC)ccc(CCCCCCCOC=O)c1CCCCCCCC(=O)O. The molecule has 0 aromatic heterocycles. The molecule has 1 aromatic carbocycles. The van der Waals surface area contributed by atoms with Gasteiger partial charge in [0.05, 0.1) is 6.61 Å². The number of hydrogen-bond donors (Lipinski definition) is 1. The highest BCUT2D eigenvalue weighted by molar-refractivity contribution is 5.66. The monoisotopic (exact) mass is 558 g/mol. The first-order valence-electron chi connectivity index (χ1n) is 17.0. The fourth-order valence-corrected chi connectivity index (χ4v) is 5.89. The van der Waals surface area contributed by atoms with E-state index in [1.165, 1.54) is 122 Å². The molecule has 0 heterocycles. The third kappa shape index (κ3) is 18.5. The number of ether oxygens (including phenoxy) is 1. The maximum atomic E-state index is 10.8. The van der Waals surface area contributed by atoms with Crippen LogP contribution in [0.4, 0.5) is 0 Å². The van der Waals surface area contributed by atoms with Gasteiger partial charge in [-0.2, -0.15) is 0 Å². The van der Waals surface area contributed by atoms with E-state index in [4.69, 9.17) is 9.84 Å². The molecule has 0 aliphatic heterocycles. The highest BCUT2D eigenvalue weighted by atomic mass is 16.5. The molecule has 230 valence electrons. The van der Waals surface area contributed by atoms with Gasteiger partial charge in [0.1, 0.15) is 0 Å². The van der Waals surface area contributed by atoms with Crippen LogP contribution in [0, 0.1) is 0 Å². The quantitative estimate of drug-likeness (QED) is 0.0784. The van der Waals surface area contributed by atoms with Crippen LogP contribution < -0.4 is 0 Å². The molecule has 0 amide bonds. The minimum absolute atomic E-state index is 0.302. The van der Waals surface area contributed by atoms with Gasteiger partial charge in [-0.1, -0.05) is 116 Å². The van der Waals surface area contributed by atoms with Crippen LogP contribution in [0.15, 0.2) is 12.1 Å². The molecule has 0 radical (unpaired) electrons. The lowest BCUT2D eigenvalue weighted by molar-refractivity contribution is -0.137.